The fourth-order valence-corrected chi connectivity index (χ4v) is 3.04. The number of amides is 1. The minimum absolute atomic E-state index is 0.0691. The molecule has 9 nitrogen and oxygen atoms in total. The summed E-state index contributed by atoms with van der Waals surface area (Å²) in [6, 6.07) is 12.0. The highest BCUT2D eigenvalue weighted by atomic mass is 32.2. The van der Waals surface area contributed by atoms with Crippen LogP contribution in [0.1, 0.15) is 5.56 Å². The molecule has 0 fully saturated rings. The number of hydrogen-bond acceptors (Lipinski definition) is 6. The Balaban J connectivity index is 1.82. The quantitative estimate of drug-likeness (QED) is 0.608. The highest BCUT2D eigenvalue weighted by Crippen LogP contribution is 2.26. The van der Waals surface area contributed by atoms with Crippen molar-refractivity contribution in [1.82, 2.24) is 14.7 Å². The van der Waals surface area contributed by atoms with Gasteiger partial charge < -0.3 is 14.9 Å². The Morgan fingerprint density at radius 2 is 1.88 bits per heavy atom. The molecule has 0 saturated heterocycles. The largest absolute Gasteiger partial charge is 0.421 e. The average molecular weight is 374 g/mol. The molecule has 1 aromatic carbocycles. The van der Waals surface area contributed by atoms with Crippen LogP contribution in [-0.2, 0) is 21.0 Å². The second kappa shape index (κ2) is 6.94. The maximum atomic E-state index is 11.4. The van der Waals surface area contributed by atoms with Gasteiger partial charge in [-0.25, -0.2) is 9.78 Å². The maximum Gasteiger partial charge on any atom is 0.421 e. The number of fused-ring (bicyclic) bond motifs is 1. The molecule has 0 atom stereocenters. The summed E-state index contributed by atoms with van der Waals surface area (Å²) in [4.78, 5) is 28.7. The predicted molar refractivity (Wildman–Crippen MR) is 94.2 cm³/mol. The van der Waals surface area contributed by atoms with Crippen molar-refractivity contribution >= 4 is 27.4 Å². The van der Waals surface area contributed by atoms with Gasteiger partial charge in [-0.2, -0.15) is 13.1 Å². The fourth-order valence-electron chi connectivity index (χ4n) is 2.42. The maximum absolute atomic E-state index is 11.4. The molecule has 4 N–H and O–H groups in total. The number of carbonyl (C=O) groups is 1. The molecule has 2 heterocycles. The summed E-state index contributed by atoms with van der Waals surface area (Å²) in [5.41, 5.74) is 7.31. The highest BCUT2D eigenvalue weighted by Gasteiger charge is 2.14. The first-order valence-corrected chi connectivity index (χ1v) is 8.81. The van der Waals surface area contributed by atoms with Crippen LogP contribution in [0.5, 0.6) is 0 Å². The summed E-state index contributed by atoms with van der Waals surface area (Å²) in [7, 11) is -4.24. The normalized spacial score (nSPS) is 11.4. The molecule has 0 saturated carbocycles. The van der Waals surface area contributed by atoms with Crippen molar-refractivity contribution in [2.24, 2.45) is 5.73 Å². The fraction of sp³-hybridized carbons (Fsp3) is 0.0625. The van der Waals surface area contributed by atoms with Crippen LogP contribution in [0.25, 0.3) is 22.2 Å². The van der Waals surface area contributed by atoms with Gasteiger partial charge in [0.25, 0.3) is 0 Å². The Labute approximate surface area is 148 Å². The number of aromatic amines is 1. The van der Waals surface area contributed by atoms with Gasteiger partial charge in [0.15, 0.2) is 0 Å². The topological polar surface area (TPSA) is 144 Å². The Kier molecular flexibility index (Phi) is 4.69. The molecule has 10 heteroatoms. The number of nitrogens with zero attached hydrogens (tertiary/aromatic N) is 1. The van der Waals surface area contributed by atoms with Crippen molar-refractivity contribution in [1.29, 1.82) is 0 Å². The van der Waals surface area contributed by atoms with Crippen LogP contribution in [0.15, 0.2) is 53.5 Å². The number of H-pyrrole nitrogens is 1. The Morgan fingerprint density at radius 1 is 1.15 bits per heavy atom. The zero-order valence-corrected chi connectivity index (χ0v) is 14.1. The third-order valence-electron chi connectivity index (χ3n) is 3.54. The molecule has 2 aromatic heterocycles. The second-order valence-corrected chi connectivity index (χ2v) is 6.68. The van der Waals surface area contributed by atoms with Gasteiger partial charge in [0, 0.05) is 24.2 Å². The number of rotatable bonds is 5. The van der Waals surface area contributed by atoms with Crippen LogP contribution in [0.3, 0.4) is 0 Å². The van der Waals surface area contributed by atoms with Crippen LogP contribution in [-0.4, -0.2) is 24.5 Å². The minimum atomic E-state index is -4.24. The molecule has 0 spiro atoms. The first-order chi connectivity index (χ1) is 12.3. The molecular formula is C16H14N4O5S. The standard InChI is InChI=1S/C16H14N4O5S/c17-16(22)25-26(23,24)19-9-10-1-3-11(4-2-10)12-7-8-18-15-13(12)5-6-14(21)20-15/h1-8,19H,9H2,(H2,17,22)(H,18,20,21). The smallest absolute Gasteiger partial charge is 0.334 e. The Bertz CT molecular complexity index is 1120. The molecular weight excluding hydrogens is 360 g/mol. The second-order valence-electron chi connectivity index (χ2n) is 5.32. The molecule has 1 amide bonds. The number of benzene rings is 1. The number of hydrogen-bond donors (Lipinski definition) is 3. The van der Waals surface area contributed by atoms with Crippen LogP contribution in [0, 0.1) is 0 Å². The molecule has 3 rings (SSSR count). The van der Waals surface area contributed by atoms with Crippen molar-refractivity contribution in [2.45, 2.75) is 6.54 Å². The molecule has 134 valence electrons. The van der Waals surface area contributed by atoms with Gasteiger partial charge in [-0.3, -0.25) is 4.79 Å². The molecule has 0 bridgehead atoms. The van der Waals surface area contributed by atoms with Crippen molar-refractivity contribution in [3.63, 3.8) is 0 Å². The van der Waals surface area contributed by atoms with Gasteiger partial charge >= 0.3 is 16.4 Å². The zero-order chi connectivity index (χ0) is 18.7. The summed E-state index contributed by atoms with van der Waals surface area (Å²) >= 11 is 0. The van der Waals surface area contributed by atoms with Gasteiger partial charge in [0.1, 0.15) is 5.65 Å². The van der Waals surface area contributed by atoms with Gasteiger partial charge in [-0.15, -0.1) is 0 Å². The van der Waals surface area contributed by atoms with E-state index in [0.29, 0.717) is 11.2 Å². The van der Waals surface area contributed by atoms with Gasteiger partial charge in [-0.05, 0) is 28.8 Å². The van der Waals surface area contributed by atoms with Gasteiger partial charge in [0.2, 0.25) is 5.56 Å². The summed E-state index contributed by atoms with van der Waals surface area (Å²) < 4.78 is 28.9. The predicted octanol–water partition coefficient (Wildman–Crippen LogP) is 1.02. The van der Waals surface area contributed by atoms with E-state index in [2.05, 4.69) is 24.6 Å². The summed E-state index contributed by atoms with van der Waals surface area (Å²) in [6.45, 7) is -0.0691. The third kappa shape index (κ3) is 4.05. The lowest BCUT2D eigenvalue weighted by Crippen LogP contribution is -2.30. The van der Waals surface area contributed by atoms with Crippen LogP contribution >= 0.6 is 0 Å². The van der Waals surface area contributed by atoms with E-state index < -0.39 is 16.4 Å². The van der Waals surface area contributed by atoms with Crippen molar-refractivity contribution in [3.05, 3.63) is 64.6 Å². The van der Waals surface area contributed by atoms with E-state index in [1.54, 1.807) is 36.5 Å². The molecule has 0 aliphatic heterocycles. The average Bonchev–Trinajstić information content (AvgIpc) is 2.59. The lowest BCUT2D eigenvalue weighted by atomic mass is 10.0. The van der Waals surface area contributed by atoms with Crippen LogP contribution < -0.4 is 16.0 Å². The van der Waals surface area contributed by atoms with Crippen molar-refractivity contribution in [2.75, 3.05) is 0 Å². The van der Waals surface area contributed by atoms with E-state index in [1.807, 2.05) is 6.07 Å². The van der Waals surface area contributed by atoms with Gasteiger partial charge in [0.05, 0.1) is 0 Å². The molecule has 26 heavy (non-hydrogen) atoms. The van der Waals surface area contributed by atoms with E-state index in [-0.39, 0.29) is 12.1 Å². The minimum Gasteiger partial charge on any atom is -0.334 e. The third-order valence-corrected chi connectivity index (χ3v) is 4.42. The SMILES string of the molecule is NC(=O)OS(=O)(=O)NCc1ccc(-c2ccnc3[nH]c(=O)ccc23)cc1. The van der Waals surface area contributed by atoms with E-state index in [9.17, 15) is 18.0 Å². The van der Waals surface area contributed by atoms with Gasteiger partial charge in [-0.1, -0.05) is 24.3 Å². The Hall–Kier alpha value is -3.24. The first-order valence-electron chi connectivity index (χ1n) is 7.40. The first kappa shape index (κ1) is 17.6. The number of nitrogens with two attached hydrogens (primary N) is 1. The molecule has 0 unspecified atom stereocenters. The van der Waals surface area contributed by atoms with E-state index in [1.165, 1.54) is 6.07 Å². The zero-order valence-electron chi connectivity index (χ0n) is 13.3. The highest BCUT2D eigenvalue weighted by molar-refractivity contribution is 7.85. The Morgan fingerprint density at radius 3 is 2.58 bits per heavy atom. The number of nitrogens with one attached hydrogen (secondary N) is 2. The van der Waals surface area contributed by atoms with Crippen LogP contribution in [0.4, 0.5) is 4.79 Å². The van der Waals surface area contributed by atoms with Crippen molar-refractivity contribution in [3.8, 4) is 11.1 Å². The number of carbonyl (C=O) groups excluding carboxylic acids is 1. The summed E-state index contributed by atoms with van der Waals surface area (Å²) in [6.07, 6.45) is 0.187. The van der Waals surface area contributed by atoms with Crippen molar-refractivity contribution < 1.29 is 17.4 Å². The monoisotopic (exact) mass is 374 g/mol. The number of pyridine rings is 2. The van der Waals surface area contributed by atoms with Crippen LogP contribution in [0.2, 0.25) is 0 Å². The molecule has 0 radical (unpaired) electrons. The number of primary amides is 1. The van der Waals surface area contributed by atoms with E-state index in [4.69, 9.17) is 0 Å². The summed E-state index contributed by atoms with van der Waals surface area (Å²) in [5, 5.41) is 0.787. The lowest BCUT2D eigenvalue weighted by molar-refractivity contribution is 0.212. The molecule has 3 aromatic rings. The molecule has 0 aliphatic rings. The van der Waals surface area contributed by atoms with E-state index in [0.717, 1.165) is 16.5 Å². The lowest BCUT2D eigenvalue weighted by Gasteiger charge is -2.08. The van der Waals surface area contributed by atoms with E-state index >= 15 is 0 Å². The number of aromatic nitrogens is 2. The molecule has 0 aliphatic carbocycles. The summed E-state index contributed by atoms with van der Waals surface area (Å²) in [5.74, 6) is 0.